The number of carbonyl (C=O) groups is 3. The maximum absolute atomic E-state index is 13.0. The van der Waals surface area contributed by atoms with Crippen LogP contribution in [0.3, 0.4) is 0 Å². The first-order valence-corrected chi connectivity index (χ1v) is 22.9. The first-order chi connectivity index (χ1) is 29.0. The van der Waals surface area contributed by atoms with Gasteiger partial charge in [0.2, 0.25) is 17.5 Å². The molecule has 9 rings (SSSR count). The van der Waals surface area contributed by atoms with Gasteiger partial charge in [-0.15, -0.1) is 0 Å². The third-order valence-corrected chi connectivity index (χ3v) is 19.0. The largest absolute Gasteiger partial charge is 0.430 e. The highest BCUT2D eigenvalue weighted by atomic mass is 32.2. The molecule has 20 nitrogen and oxygen atoms in total. The van der Waals surface area contributed by atoms with Crippen LogP contribution in [-0.4, -0.2) is 191 Å². The van der Waals surface area contributed by atoms with E-state index in [-0.39, 0.29) is 49.6 Å². The van der Waals surface area contributed by atoms with E-state index >= 15 is 0 Å². The van der Waals surface area contributed by atoms with Crippen molar-refractivity contribution in [3.8, 4) is 0 Å². The van der Waals surface area contributed by atoms with Gasteiger partial charge in [0, 0.05) is 36.7 Å². The normalized spacial score (nSPS) is 55.8. The summed E-state index contributed by atoms with van der Waals surface area (Å²) in [5.41, 5.74) is -16.0. The molecule has 0 aromatic carbocycles. The van der Waals surface area contributed by atoms with Gasteiger partial charge in [-0.2, -0.15) is 11.8 Å². The SMILES string of the molecule is CC(=O)NC1C2(C)C(OC[C@]3(C)OC4(CO)OC(C)(C3(C)O)[C@@]4(C)O)C(CO)(O[C@]1(C)COCC1(C)C3(C)O[C@](C)(OC(=O)CCCCC4SC[C@@H]5NC(=O)N[C@H]45)C(O)C13O)[C@H]2O. The van der Waals surface area contributed by atoms with Gasteiger partial charge in [0.05, 0.1) is 56.1 Å². The second-order valence-electron chi connectivity index (χ2n) is 21.1. The first-order valence-electron chi connectivity index (χ1n) is 21.9. The lowest BCUT2D eigenvalue weighted by atomic mass is 9.47. The summed E-state index contributed by atoms with van der Waals surface area (Å²) in [7, 11) is 0. The number of carbonyl (C=O) groups excluding carboxylic acids is 3. The van der Waals surface area contributed by atoms with Gasteiger partial charge in [-0.1, -0.05) is 20.3 Å². The molecule has 63 heavy (non-hydrogen) atoms. The van der Waals surface area contributed by atoms with Gasteiger partial charge in [-0.05, 0) is 54.4 Å². The molecule has 0 aromatic heterocycles. The standard InChI is InChI=1S/C42H67N3O17S/c1-21(48)43-26-31(2,59-40(16-46)27(50)34(26,5)29(40)57-20-33(4)36(7,53)39(10)37(8,54)41(17-47,60-33)62-39)18-56-19-32(3)38(9)42(32,55)28(51)35(6,61-38)58-24(49)14-12-11-13-23-25-22(15-63-23)44-30(52)45-25/h22-23,25-29,46-47,50-51,53-55H,11-20H2,1-10H3,(H,43,48)(H2,44,45,52)/t22-,23?,25-,26?,27-,28?,29?,31+,32?,33-,34?,35-,36?,37+,38?,39?,40?,41?,42?/m0/s1. The van der Waals surface area contributed by atoms with E-state index in [9.17, 15) is 50.1 Å². The number of aliphatic hydroxyl groups excluding tert-OH is 4. The summed E-state index contributed by atoms with van der Waals surface area (Å²) in [6.07, 6.45) is -2.01. The zero-order valence-electron chi connectivity index (χ0n) is 37.7. The van der Waals surface area contributed by atoms with Crippen molar-refractivity contribution < 1.29 is 83.3 Å². The number of rotatable bonds is 16. The van der Waals surface area contributed by atoms with Crippen molar-refractivity contribution in [2.75, 3.05) is 38.8 Å². The Bertz CT molecular complexity index is 1920. The van der Waals surface area contributed by atoms with E-state index in [0.717, 1.165) is 18.6 Å². The van der Waals surface area contributed by atoms with Crippen LogP contribution in [0.2, 0.25) is 0 Å². The Morgan fingerprint density at radius 3 is 2.11 bits per heavy atom. The van der Waals surface area contributed by atoms with Crippen LogP contribution in [0.5, 0.6) is 0 Å². The van der Waals surface area contributed by atoms with E-state index in [2.05, 4.69) is 16.0 Å². The Hall–Kier alpha value is -1.96. The van der Waals surface area contributed by atoms with Crippen LogP contribution < -0.4 is 16.0 Å². The van der Waals surface area contributed by atoms with Crippen LogP contribution in [0.25, 0.3) is 0 Å². The molecule has 21 heteroatoms. The van der Waals surface area contributed by atoms with Crippen molar-refractivity contribution in [1.82, 2.24) is 16.0 Å². The molecule has 2 aliphatic carbocycles. The molecule has 0 aromatic rings. The zero-order chi connectivity index (χ0) is 46.6. The summed E-state index contributed by atoms with van der Waals surface area (Å²) in [6, 6.07) is -0.993. The molecule has 4 bridgehead atoms. The van der Waals surface area contributed by atoms with Gasteiger partial charge in [-0.3, -0.25) is 9.59 Å². The number of thioether (sulfide) groups is 1. The molecule has 2 saturated carbocycles. The highest BCUT2D eigenvalue weighted by Gasteiger charge is 2.94. The van der Waals surface area contributed by atoms with E-state index in [1.807, 2.05) is 0 Å². The molecular formula is C42H67N3O17S. The monoisotopic (exact) mass is 917 g/mol. The third-order valence-electron chi connectivity index (χ3n) is 17.4. The van der Waals surface area contributed by atoms with Crippen LogP contribution in [0.4, 0.5) is 4.79 Å². The fraction of sp³-hybridized carbons (Fsp3) is 0.929. The molecule has 7 heterocycles. The maximum atomic E-state index is 13.0. The number of ether oxygens (including phenoxy) is 7. The Morgan fingerprint density at radius 1 is 0.841 bits per heavy atom. The summed E-state index contributed by atoms with van der Waals surface area (Å²) in [4.78, 5) is 37.5. The fourth-order valence-corrected chi connectivity index (χ4v) is 14.5. The highest BCUT2D eigenvalue weighted by molar-refractivity contribution is 8.00. The summed E-state index contributed by atoms with van der Waals surface area (Å²) in [6.45, 7) is 12.9. The van der Waals surface area contributed by atoms with Crippen molar-refractivity contribution in [3.63, 3.8) is 0 Å². The molecule has 12 unspecified atom stereocenters. The summed E-state index contributed by atoms with van der Waals surface area (Å²) in [5.74, 6) is -3.95. The van der Waals surface area contributed by atoms with E-state index in [0.29, 0.717) is 6.42 Å². The van der Waals surface area contributed by atoms with Crippen molar-refractivity contribution in [3.05, 3.63) is 0 Å². The number of esters is 1. The zero-order valence-corrected chi connectivity index (χ0v) is 38.6. The van der Waals surface area contributed by atoms with Crippen molar-refractivity contribution in [2.24, 2.45) is 10.8 Å². The number of urea groups is 1. The molecule has 9 aliphatic rings. The Labute approximate surface area is 370 Å². The minimum Gasteiger partial charge on any atom is -0.430 e. The quantitative estimate of drug-likeness (QED) is 0.0476. The Balaban J connectivity index is 0.905. The average molecular weight is 918 g/mol. The number of hydrogen-bond acceptors (Lipinski definition) is 18. The summed E-state index contributed by atoms with van der Waals surface area (Å²) in [5, 5.41) is 88.7. The fourth-order valence-electron chi connectivity index (χ4n) is 13.0. The topological polar surface area (TPSA) is 294 Å². The van der Waals surface area contributed by atoms with Gasteiger partial charge in [0.1, 0.15) is 57.5 Å². The van der Waals surface area contributed by atoms with E-state index in [1.54, 1.807) is 39.5 Å². The van der Waals surface area contributed by atoms with Crippen molar-refractivity contribution in [1.29, 1.82) is 0 Å². The molecule has 9 fully saturated rings. The minimum atomic E-state index is -1.91. The van der Waals surface area contributed by atoms with Crippen molar-refractivity contribution in [2.45, 2.75) is 193 Å². The molecule has 3 amide bonds. The molecule has 0 spiro atoms. The van der Waals surface area contributed by atoms with E-state index in [1.165, 1.54) is 41.5 Å². The number of hydrogen-bond donors (Lipinski definition) is 10. The number of fused-ring (bicyclic) bond motifs is 6. The lowest BCUT2D eigenvalue weighted by Gasteiger charge is -2.76. The molecule has 7 saturated heterocycles. The second-order valence-corrected chi connectivity index (χ2v) is 22.4. The number of aliphatic hydroxyl groups is 7. The lowest BCUT2D eigenvalue weighted by Crippen LogP contribution is -2.96. The highest BCUT2D eigenvalue weighted by Crippen LogP contribution is 2.75. The summed E-state index contributed by atoms with van der Waals surface area (Å²) < 4.78 is 43.3. The van der Waals surface area contributed by atoms with Gasteiger partial charge in [0.15, 0.2) is 6.10 Å². The molecule has 19 atom stereocenters. The van der Waals surface area contributed by atoms with Gasteiger partial charge >= 0.3 is 12.0 Å². The van der Waals surface area contributed by atoms with Gasteiger partial charge in [-0.25, -0.2) is 4.79 Å². The second kappa shape index (κ2) is 14.3. The number of amides is 3. The van der Waals surface area contributed by atoms with Crippen LogP contribution in [0.15, 0.2) is 0 Å². The van der Waals surface area contributed by atoms with Crippen LogP contribution in [0.1, 0.15) is 94.9 Å². The Morgan fingerprint density at radius 2 is 1.52 bits per heavy atom. The molecule has 10 N–H and O–H groups in total. The number of nitrogens with one attached hydrogen (secondary N) is 3. The molecular weight excluding hydrogens is 851 g/mol. The predicted octanol–water partition coefficient (Wildman–Crippen LogP) is -1.55. The van der Waals surface area contributed by atoms with Crippen molar-refractivity contribution >= 4 is 29.7 Å². The number of unbranched alkanes of at least 4 members (excludes halogenated alkanes) is 1. The summed E-state index contributed by atoms with van der Waals surface area (Å²) >= 11 is 1.79. The predicted molar refractivity (Wildman–Crippen MR) is 219 cm³/mol. The molecule has 358 valence electrons. The Kier molecular flexibility index (Phi) is 10.8. The maximum Gasteiger partial charge on any atom is 0.315 e. The molecule has 7 aliphatic heterocycles. The first kappa shape index (κ1) is 47.5. The lowest BCUT2D eigenvalue weighted by molar-refractivity contribution is -0.580. The van der Waals surface area contributed by atoms with Gasteiger partial charge in [0.25, 0.3) is 0 Å². The minimum absolute atomic E-state index is 0.0654. The van der Waals surface area contributed by atoms with Crippen LogP contribution >= 0.6 is 11.8 Å². The third kappa shape index (κ3) is 5.72. The van der Waals surface area contributed by atoms with Crippen LogP contribution in [-0.2, 0) is 42.7 Å². The van der Waals surface area contributed by atoms with Gasteiger partial charge < -0.3 is 84.9 Å². The van der Waals surface area contributed by atoms with Crippen LogP contribution in [0, 0.1) is 10.8 Å². The average Bonchev–Trinajstić information content (AvgIpc) is 3.62. The van der Waals surface area contributed by atoms with E-state index in [4.69, 9.17) is 33.2 Å². The van der Waals surface area contributed by atoms with E-state index < -0.39 is 117 Å². The molecule has 0 radical (unpaired) electrons. The smallest absolute Gasteiger partial charge is 0.315 e.